The van der Waals surface area contributed by atoms with E-state index >= 15 is 0 Å². The summed E-state index contributed by atoms with van der Waals surface area (Å²) < 4.78 is 0. The number of aliphatic hydroxyl groups excluding tert-OH is 1. The van der Waals surface area contributed by atoms with Crippen molar-refractivity contribution in [3.05, 3.63) is 47.6 Å². The molecular weight excluding hydrogens is 380 g/mol. The van der Waals surface area contributed by atoms with E-state index in [0.29, 0.717) is 17.3 Å². The van der Waals surface area contributed by atoms with Crippen molar-refractivity contribution in [2.24, 2.45) is 23.2 Å². The van der Waals surface area contributed by atoms with Gasteiger partial charge in [0.15, 0.2) is 0 Å². The van der Waals surface area contributed by atoms with Crippen LogP contribution in [0, 0.1) is 23.2 Å². The van der Waals surface area contributed by atoms with Gasteiger partial charge in [0.2, 0.25) is 0 Å². The van der Waals surface area contributed by atoms with E-state index in [1.807, 2.05) is 13.8 Å². The van der Waals surface area contributed by atoms with Crippen LogP contribution < -0.4 is 0 Å². The summed E-state index contributed by atoms with van der Waals surface area (Å²) in [6, 6.07) is 0. The molecule has 0 saturated heterocycles. The van der Waals surface area contributed by atoms with Crippen molar-refractivity contribution >= 4 is 0 Å². The average molecular weight is 429 g/mol. The van der Waals surface area contributed by atoms with E-state index < -0.39 is 5.60 Å². The third kappa shape index (κ3) is 6.23. The second-order valence-electron chi connectivity index (χ2n) is 10.7. The van der Waals surface area contributed by atoms with Crippen LogP contribution in [-0.4, -0.2) is 21.9 Å². The Morgan fingerprint density at radius 2 is 1.90 bits per heavy atom. The molecule has 31 heavy (non-hydrogen) atoms. The molecular formula is C29H48O2. The minimum atomic E-state index is -0.611. The fraction of sp³-hybridized carbons (Fsp3) is 0.724. The lowest BCUT2D eigenvalue weighted by Gasteiger charge is -2.42. The molecule has 0 spiro atoms. The van der Waals surface area contributed by atoms with Gasteiger partial charge in [-0.15, -0.1) is 6.58 Å². The van der Waals surface area contributed by atoms with Gasteiger partial charge < -0.3 is 10.2 Å². The Morgan fingerprint density at radius 3 is 2.42 bits per heavy atom. The maximum atomic E-state index is 10.1. The first-order valence-electron chi connectivity index (χ1n) is 12.7. The van der Waals surface area contributed by atoms with Crippen LogP contribution in [-0.2, 0) is 0 Å². The van der Waals surface area contributed by atoms with Crippen molar-refractivity contribution < 1.29 is 10.2 Å². The second kappa shape index (κ2) is 11.1. The van der Waals surface area contributed by atoms with Gasteiger partial charge >= 0.3 is 0 Å². The molecule has 3 aliphatic carbocycles. The molecule has 4 unspecified atom stereocenters. The fourth-order valence-corrected chi connectivity index (χ4v) is 5.84. The monoisotopic (exact) mass is 428 g/mol. The quantitative estimate of drug-likeness (QED) is 0.444. The SMILES string of the molecule is C=CC(O)(CC)CC.CC(C)C1=CCC2/C(=C/C=C3/CCC(C)C(O)C3)CCCC12C. The molecule has 3 aliphatic rings. The molecule has 0 aromatic heterocycles. The Hall–Kier alpha value is -1.12. The molecule has 2 N–H and O–H groups in total. The first-order chi connectivity index (χ1) is 14.6. The zero-order valence-corrected chi connectivity index (χ0v) is 21.1. The van der Waals surface area contributed by atoms with Crippen LogP contribution in [0.15, 0.2) is 47.6 Å². The first kappa shape index (κ1) is 26.1. The second-order valence-corrected chi connectivity index (χ2v) is 10.7. The van der Waals surface area contributed by atoms with Crippen LogP contribution in [0.25, 0.3) is 0 Å². The minimum Gasteiger partial charge on any atom is -0.393 e. The summed E-state index contributed by atoms with van der Waals surface area (Å²) >= 11 is 0. The summed E-state index contributed by atoms with van der Waals surface area (Å²) in [5.74, 6) is 1.86. The molecule has 2 saturated carbocycles. The summed E-state index contributed by atoms with van der Waals surface area (Å²) in [4.78, 5) is 0. The smallest absolute Gasteiger partial charge is 0.0819 e. The highest BCUT2D eigenvalue weighted by atomic mass is 16.3. The highest BCUT2D eigenvalue weighted by molar-refractivity contribution is 5.34. The van der Waals surface area contributed by atoms with Crippen LogP contribution in [0.4, 0.5) is 0 Å². The van der Waals surface area contributed by atoms with Gasteiger partial charge in [-0.1, -0.05) is 82.6 Å². The van der Waals surface area contributed by atoms with Crippen molar-refractivity contribution in [1.29, 1.82) is 0 Å². The lowest BCUT2D eigenvalue weighted by atomic mass is 9.62. The molecule has 0 radical (unpaired) electrons. The number of aliphatic hydroxyl groups is 2. The van der Waals surface area contributed by atoms with Gasteiger partial charge in [0.1, 0.15) is 0 Å². The molecule has 3 rings (SSSR count). The standard InChI is InChI=1S/C22H34O.C7H14O/c1-15(2)19-11-12-20-18(6-5-13-22(19,20)4)10-9-17-8-7-16(3)21(23)14-17;1-4-7(8,5-2)6-3/h9-11,15-16,20-21,23H,5-8,12-14H2,1-4H3;4,8H,1,5-6H2,2-3H3/b17-9-,18-10+;. The van der Waals surface area contributed by atoms with Crippen LogP contribution in [0.5, 0.6) is 0 Å². The van der Waals surface area contributed by atoms with Gasteiger partial charge in [-0.05, 0) is 81.0 Å². The van der Waals surface area contributed by atoms with Gasteiger partial charge in [-0.2, -0.15) is 0 Å². The van der Waals surface area contributed by atoms with E-state index in [0.717, 1.165) is 31.6 Å². The summed E-state index contributed by atoms with van der Waals surface area (Å²) in [5, 5.41) is 19.4. The third-order valence-electron chi connectivity index (χ3n) is 8.42. The van der Waals surface area contributed by atoms with Gasteiger partial charge in [-0.3, -0.25) is 0 Å². The highest BCUT2D eigenvalue weighted by Gasteiger charge is 2.45. The number of allylic oxidation sites excluding steroid dienone is 5. The largest absolute Gasteiger partial charge is 0.393 e. The maximum Gasteiger partial charge on any atom is 0.0819 e. The third-order valence-corrected chi connectivity index (χ3v) is 8.42. The van der Waals surface area contributed by atoms with Crippen molar-refractivity contribution in [1.82, 2.24) is 0 Å². The molecule has 176 valence electrons. The lowest BCUT2D eigenvalue weighted by molar-refractivity contribution is 0.0832. The van der Waals surface area contributed by atoms with Crippen molar-refractivity contribution in [2.75, 3.05) is 0 Å². The Kier molecular flexibility index (Phi) is 9.40. The van der Waals surface area contributed by atoms with Crippen molar-refractivity contribution in [2.45, 2.75) is 111 Å². The molecule has 0 amide bonds. The van der Waals surface area contributed by atoms with Crippen LogP contribution >= 0.6 is 0 Å². The maximum absolute atomic E-state index is 10.1. The fourth-order valence-electron chi connectivity index (χ4n) is 5.84. The van der Waals surface area contributed by atoms with E-state index in [1.165, 1.54) is 37.7 Å². The van der Waals surface area contributed by atoms with E-state index in [1.54, 1.807) is 17.2 Å². The van der Waals surface area contributed by atoms with Crippen LogP contribution in [0.2, 0.25) is 0 Å². The Balaban J connectivity index is 0.000000366. The lowest BCUT2D eigenvalue weighted by Crippen LogP contribution is -2.32. The zero-order chi connectivity index (χ0) is 23.2. The zero-order valence-electron chi connectivity index (χ0n) is 21.1. The summed E-state index contributed by atoms with van der Waals surface area (Å²) in [6.45, 7) is 16.8. The van der Waals surface area contributed by atoms with E-state index in [4.69, 9.17) is 0 Å². The van der Waals surface area contributed by atoms with Gasteiger partial charge in [0, 0.05) is 0 Å². The van der Waals surface area contributed by atoms with Crippen molar-refractivity contribution in [3.63, 3.8) is 0 Å². The normalized spacial score (nSPS) is 33.7. The number of rotatable bonds is 5. The van der Waals surface area contributed by atoms with E-state index in [-0.39, 0.29) is 6.10 Å². The van der Waals surface area contributed by atoms with E-state index in [9.17, 15) is 10.2 Å². The van der Waals surface area contributed by atoms with Crippen LogP contribution in [0.1, 0.15) is 99.3 Å². The molecule has 0 bridgehead atoms. The molecule has 0 aliphatic heterocycles. The predicted octanol–water partition coefficient (Wildman–Crippen LogP) is 7.54. The Morgan fingerprint density at radius 1 is 1.23 bits per heavy atom. The topological polar surface area (TPSA) is 40.5 Å². The molecule has 2 heteroatoms. The van der Waals surface area contributed by atoms with Crippen molar-refractivity contribution in [3.8, 4) is 0 Å². The van der Waals surface area contributed by atoms with Gasteiger partial charge in [0.25, 0.3) is 0 Å². The Bertz CT molecular complexity index is 692. The summed E-state index contributed by atoms with van der Waals surface area (Å²) in [7, 11) is 0. The summed E-state index contributed by atoms with van der Waals surface area (Å²) in [6.07, 6.45) is 18.7. The molecule has 0 aromatic carbocycles. The number of fused-ring (bicyclic) bond motifs is 1. The first-order valence-corrected chi connectivity index (χ1v) is 12.7. The van der Waals surface area contributed by atoms with Gasteiger partial charge in [-0.25, -0.2) is 0 Å². The molecule has 0 heterocycles. The van der Waals surface area contributed by atoms with E-state index in [2.05, 4.69) is 52.5 Å². The Labute approximate surface area is 192 Å². The highest BCUT2D eigenvalue weighted by Crippen LogP contribution is 2.56. The predicted molar refractivity (Wildman–Crippen MR) is 134 cm³/mol. The number of hydrogen-bond acceptors (Lipinski definition) is 2. The molecule has 4 atom stereocenters. The summed E-state index contributed by atoms with van der Waals surface area (Å²) in [5.41, 5.74) is 4.59. The molecule has 2 nitrogen and oxygen atoms in total. The van der Waals surface area contributed by atoms with Crippen LogP contribution in [0.3, 0.4) is 0 Å². The molecule has 0 aromatic rings. The molecule has 2 fully saturated rings. The number of hydrogen-bond donors (Lipinski definition) is 2. The average Bonchev–Trinajstić information content (AvgIpc) is 3.12. The minimum absolute atomic E-state index is 0.134. The van der Waals surface area contributed by atoms with Gasteiger partial charge in [0.05, 0.1) is 11.7 Å².